The average molecular weight is 1560 g/mol. The SMILES string of the molecule is CCN1CC=C(c2ccc3nc(-c4ccc5nc(C)sc5c4)cc(=O)n3c2)CC1.COc1ccc(-c2cc(=O)n3nc(C4=CCNCC4)ccc3n2)cc1OC.Cc1cn2nc(-c3cc(=O)n4cc(N5CCN(C)[C@H](C)C5)ccc4n3)cc2c(C)n1.Cc1cn2nc(-c3cc(=O)n4cc(N5C[C@@H]6C[C@H]5CN6)ccc4n3)cc2c(C)n1. The second-order valence-corrected chi connectivity index (χ2v) is 31.1. The number of hydrogen-bond donors (Lipinski definition) is 2. The van der Waals surface area contributed by atoms with Crippen LogP contribution >= 0.6 is 11.3 Å². The molecule has 0 aliphatic carbocycles. The smallest absolute Gasteiger partial charge is 0.275 e. The van der Waals surface area contributed by atoms with E-state index in [1.807, 2.05) is 132 Å². The number of aromatic nitrogens is 16. The molecule has 3 fully saturated rings. The number of piperazine rings is 2. The fourth-order valence-corrected chi connectivity index (χ4v) is 16.7. The van der Waals surface area contributed by atoms with Crippen molar-refractivity contribution >= 4 is 77.7 Å². The summed E-state index contributed by atoms with van der Waals surface area (Å²) in [7, 11) is 5.31. The lowest BCUT2D eigenvalue weighted by Gasteiger charge is -2.39. The molecule has 0 radical (unpaired) electrons. The maximum absolute atomic E-state index is 12.9. The van der Waals surface area contributed by atoms with Crippen LogP contribution in [0.25, 0.3) is 100 Å². The first kappa shape index (κ1) is 75.2. The van der Waals surface area contributed by atoms with Crippen molar-refractivity contribution in [2.75, 3.05) is 96.5 Å². The summed E-state index contributed by atoms with van der Waals surface area (Å²) in [6.45, 7) is 23.9. The van der Waals surface area contributed by atoms with E-state index in [0.717, 1.165) is 167 Å². The highest BCUT2D eigenvalue weighted by Crippen LogP contribution is 2.34. The van der Waals surface area contributed by atoms with Crippen LogP contribution in [0.2, 0.25) is 0 Å². The summed E-state index contributed by atoms with van der Waals surface area (Å²) < 4.78 is 21.6. The van der Waals surface area contributed by atoms with Crippen LogP contribution in [-0.4, -0.2) is 192 Å². The van der Waals surface area contributed by atoms with Gasteiger partial charge in [-0.15, -0.1) is 11.3 Å². The van der Waals surface area contributed by atoms with Gasteiger partial charge in [-0.1, -0.05) is 25.1 Å². The molecule has 115 heavy (non-hydrogen) atoms. The number of nitrogens with one attached hydrogen (secondary N) is 2. The zero-order chi connectivity index (χ0) is 79.4. The Morgan fingerprint density at radius 2 is 1.12 bits per heavy atom. The molecule has 5 aliphatic heterocycles. The first-order valence-electron chi connectivity index (χ1n) is 38.8. The lowest BCUT2D eigenvalue weighted by atomic mass is 10.0. The molecule has 584 valence electrons. The molecule has 3 atom stereocenters. The van der Waals surface area contributed by atoms with Gasteiger partial charge >= 0.3 is 0 Å². The highest BCUT2D eigenvalue weighted by molar-refractivity contribution is 7.18. The van der Waals surface area contributed by atoms with Gasteiger partial charge in [0.05, 0.1) is 115 Å². The molecule has 0 spiro atoms. The van der Waals surface area contributed by atoms with Crippen LogP contribution in [0.5, 0.6) is 11.5 Å². The van der Waals surface area contributed by atoms with E-state index in [1.165, 1.54) is 22.6 Å². The lowest BCUT2D eigenvalue weighted by Crippen LogP contribution is -2.50. The number of benzene rings is 2. The molecule has 13 aromatic heterocycles. The van der Waals surface area contributed by atoms with E-state index in [0.29, 0.717) is 86.4 Å². The second kappa shape index (κ2) is 31.4. The third-order valence-electron chi connectivity index (χ3n) is 22.2. The van der Waals surface area contributed by atoms with E-state index < -0.39 is 0 Å². The van der Waals surface area contributed by atoms with Crippen molar-refractivity contribution in [2.24, 2.45) is 0 Å². The number of anilines is 2. The van der Waals surface area contributed by atoms with E-state index in [2.05, 4.69) is 117 Å². The topological polar surface area (TPSA) is 279 Å². The zero-order valence-corrected chi connectivity index (χ0v) is 66.6. The van der Waals surface area contributed by atoms with Gasteiger partial charge in [0, 0.05) is 124 Å². The molecule has 2 N–H and O–H groups in total. The summed E-state index contributed by atoms with van der Waals surface area (Å²) in [5, 5.41) is 21.5. The van der Waals surface area contributed by atoms with Crippen LogP contribution in [0.1, 0.15) is 72.2 Å². The van der Waals surface area contributed by atoms with E-state index in [4.69, 9.17) is 24.4 Å². The van der Waals surface area contributed by atoms with Gasteiger partial charge in [0.15, 0.2) is 17.1 Å². The maximum atomic E-state index is 12.9. The number of methoxy groups -OCH3 is 2. The van der Waals surface area contributed by atoms with Crippen molar-refractivity contribution in [3.8, 4) is 56.8 Å². The Hall–Kier alpha value is -12.5. The number of nitrogens with zero attached hydrogens (tertiary/aromatic N) is 20. The third kappa shape index (κ3) is 15.4. The van der Waals surface area contributed by atoms with Gasteiger partial charge in [0.2, 0.25) is 0 Å². The van der Waals surface area contributed by atoms with Crippen LogP contribution in [0.3, 0.4) is 0 Å². The predicted molar refractivity (Wildman–Crippen MR) is 450 cm³/mol. The normalized spacial score (nSPS) is 17.1. The van der Waals surface area contributed by atoms with Crippen molar-refractivity contribution < 1.29 is 9.47 Å². The van der Waals surface area contributed by atoms with Gasteiger partial charge in [-0.25, -0.2) is 34.0 Å². The molecule has 0 unspecified atom stereocenters. The van der Waals surface area contributed by atoms with Crippen molar-refractivity contribution in [1.82, 2.24) is 97.4 Å². The minimum Gasteiger partial charge on any atom is -0.493 e. The summed E-state index contributed by atoms with van der Waals surface area (Å²) in [5.74, 6) is 1.21. The van der Waals surface area contributed by atoms with Crippen molar-refractivity contribution in [3.63, 3.8) is 0 Å². The quantitative estimate of drug-likeness (QED) is 0.122. The fraction of sp³-hybridized carbons (Fsp3) is 0.302. The van der Waals surface area contributed by atoms with E-state index >= 15 is 0 Å². The van der Waals surface area contributed by atoms with E-state index in [1.54, 1.807) is 78.1 Å². The zero-order valence-electron chi connectivity index (χ0n) is 65.8. The average Bonchev–Trinajstić information content (AvgIpc) is 1.75. The lowest BCUT2D eigenvalue weighted by molar-refractivity contribution is 0.234. The number of rotatable bonds is 11. The Balaban J connectivity index is 0.000000111. The van der Waals surface area contributed by atoms with Gasteiger partial charge < -0.3 is 34.8 Å². The van der Waals surface area contributed by atoms with Gasteiger partial charge in [0.1, 0.15) is 28.3 Å². The summed E-state index contributed by atoms with van der Waals surface area (Å²) in [5.41, 5.74) is 20.3. The molecule has 29 heteroatoms. The molecule has 18 heterocycles. The number of hydrogen-bond acceptors (Lipinski definition) is 23. The molecule has 15 aromatic rings. The highest BCUT2D eigenvalue weighted by Gasteiger charge is 2.38. The Bertz CT molecular complexity index is 6650. The molecular weight excluding hydrogens is 1470 g/mol. The molecule has 5 aliphatic rings. The van der Waals surface area contributed by atoms with Gasteiger partial charge in [-0.05, 0) is 189 Å². The minimum atomic E-state index is -0.221. The number of thiazole rings is 1. The molecule has 28 nitrogen and oxygen atoms in total. The van der Waals surface area contributed by atoms with Crippen LogP contribution in [-0.2, 0) is 0 Å². The largest absolute Gasteiger partial charge is 0.493 e. The van der Waals surface area contributed by atoms with Crippen LogP contribution in [0.4, 0.5) is 11.4 Å². The fourth-order valence-electron chi connectivity index (χ4n) is 15.9. The number of likely N-dealkylation sites (N-methyl/N-ethyl adjacent to an activating group) is 2. The molecule has 0 saturated carbocycles. The van der Waals surface area contributed by atoms with Crippen molar-refractivity contribution in [3.05, 3.63) is 245 Å². The van der Waals surface area contributed by atoms with Crippen LogP contribution in [0.15, 0.2) is 184 Å². The first-order chi connectivity index (χ1) is 55.7. The number of aryl methyl sites for hydroxylation is 5. The Morgan fingerprint density at radius 3 is 1.74 bits per heavy atom. The molecular formula is C86H88N22O6S. The van der Waals surface area contributed by atoms with Crippen molar-refractivity contribution in [2.45, 2.75) is 85.9 Å². The Labute approximate surface area is 665 Å². The predicted octanol–water partition coefficient (Wildman–Crippen LogP) is 10.3. The summed E-state index contributed by atoms with van der Waals surface area (Å²) in [6.07, 6.45) is 16.9. The molecule has 3 saturated heterocycles. The summed E-state index contributed by atoms with van der Waals surface area (Å²) >= 11 is 1.66. The number of ether oxygens (including phenoxy) is 2. The third-order valence-corrected chi connectivity index (χ3v) is 23.1. The Morgan fingerprint density at radius 1 is 0.522 bits per heavy atom. The van der Waals surface area contributed by atoms with Gasteiger partial charge in [-0.2, -0.15) is 19.8 Å². The standard InChI is InChI=1S/C23H22N4OS.C22H25N7O.C21H21N7O.C20H20N4O3/c1-3-26-10-8-16(9-11-26)18-5-7-22-25-20(13-23(28)27(22)14-18)17-4-6-19-21(12-17)29-15(2)24-19;1-14-11-29-20(16(3)23-14)9-19(25-29)18-10-22(30)28-13-17(5-6-21(28)24-18)27-8-7-26(4)15(2)12-27;1-12-9-28-19(13(2)23-12)6-18(25-28)17-7-21(29)27-11-15(3-4-20(27)24-17)26-10-14-5-16(26)8-22-14;1-26-17-5-3-14(11-18(17)27-2)16-12-20(25)24-19(22-16)6-4-15(23-24)13-7-9-21-10-8-13/h4-8,12-14H,3,9-11H2,1-2H3;5-6,9-11,13,15H,7-8,12H2,1-4H3;3-4,6-7,9,11,14,16,22H,5,8,10H2,1-2H3;3-7,11-12,21H,8-10H2,1-2H3/t;15-;14-,16-;/m.10./s1. The van der Waals surface area contributed by atoms with Gasteiger partial charge in [0.25, 0.3) is 22.2 Å². The van der Waals surface area contributed by atoms with E-state index in [9.17, 15) is 19.2 Å². The minimum absolute atomic E-state index is 0.0565. The number of fused-ring (bicyclic) bond motifs is 9. The van der Waals surface area contributed by atoms with E-state index in [-0.39, 0.29) is 22.2 Å². The Kier molecular flexibility index (Phi) is 20.6. The molecule has 2 bridgehead atoms. The second-order valence-electron chi connectivity index (χ2n) is 29.9. The molecule has 2 aromatic carbocycles. The monoisotopic (exact) mass is 1560 g/mol. The van der Waals surface area contributed by atoms with Crippen LogP contribution in [0, 0.1) is 34.6 Å². The number of pyridine rings is 3. The first-order valence-corrected chi connectivity index (χ1v) is 39.6. The van der Waals surface area contributed by atoms with Gasteiger partial charge in [-0.3, -0.25) is 47.2 Å². The molecule has 0 amide bonds. The highest BCUT2D eigenvalue weighted by atomic mass is 32.1. The van der Waals surface area contributed by atoms with Crippen LogP contribution < -0.4 is 52.1 Å². The molecule has 20 rings (SSSR count). The summed E-state index contributed by atoms with van der Waals surface area (Å²) in [6, 6.07) is 38.9. The maximum Gasteiger partial charge on any atom is 0.275 e. The summed E-state index contributed by atoms with van der Waals surface area (Å²) in [4.78, 5) is 93.0. The van der Waals surface area contributed by atoms with Crippen molar-refractivity contribution in [1.29, 1.82) is 0 Å².